The molecule has 17 heavy (non-hydrogen) atoms. The van der Waals surface area contributed by atoms with Gasteiger partial charge in [-0.3, -0.25) is 0 Å². The van der Waals surface area contributed by atoms with Crippen molar-refractivity contribution < 1.29 is 13.9 Å². The lowest BCUT2D eigenvalue weighted by molar-refractivity contribution is 0.170. The van der Waals surface area contributed by atoms with E-state index in [1.807, 2.05) is 6.92 Å². The maximum Gasteiger partial charge on any atom is 0.218 e. The number of hydrogen-bond donors (Lipinski definition) is 1. The highest BCUT2D eigenvalue weighted by Crippen LogP contribution is 2.16. The number of nitrogens with one attached hydrogen (secondary N) is 1. The maximum absolute atomic E-state index is 13.1. The molecule has 0 saturated carbocycles. The van der Waals surface area contributed by atoms with Crippen molar-refractivity contribution in [2.75, 3.05) is 26.9 Å². The number of rotatable bonds is 8. The molecule has 1 aromatic rings. The molecule has 0 amide bonds. The first-order chi connectivity index (χ1) is 8.27. The van der Waals surface area contributed by atoms with Crippen LogP contribution in [0.2, 0.25) is 0 Å². The molecule has 0 spiro atoms. The Morgan fingerprint density at radius 2 is 2.24 bits per heavy atom. The van der Waals surface area contributed by atoms with E-state index in [2.05, 4.69) is 10.3 Å². The van der Waals surface area contributed by atoms with Gasteiger partial charge in [0.15, 0.2) is 0 Å². The fraction of sp³-hybridized carbons (Fsp3) is 0.583. The summed E-state index contributed by atoms with van der Waals surface area (Å²) in [6.45, 7) is 4.53. The minimum atomic E-state index is -0.345. The highest BCUT2D eigenvalue weighted by Gasteiger charge is 2.06. The highest BCUT2D eigenvalue weighted by molar-refractivity contribution is 5.26. The van der Waals surface area contributed by atoms with Crippen LogP contribution >= 0.6 is 0 Å². The van der Waals surface area contributed by atoms with E-state index in [0.717, 1.165) is 18.5 Å². The zero-order chi connectivity index (χ0) is 12.5. The van der Waals surface area contributed by atoms with Crippen molar-refractivity contribution >= 4 is 0 Å². The van der Waals surface area contributed by atoms with E-state index in [1.54, 1.807) is 7.11 Å². The summed E-state index contributed by atoms with van der Waals surface area (Å²) in [4.78, 5) is 3.95. The predicted molar refractivity (Wildman–Crippen MR) is 63.6 cm³/mol. The Kier molecular flexibility index (Phi) is 6.50. The first-order valence-corrected chi connectivity index (χ1v) is 5.74. The van der Waals surface area contributed by atoms with Crippen LogP contribution in [-0.4, -0.2) is 31.9 Å². The Morgan fingerprint density at radius 3 is 2.94 bits per heavy atom. The van der Waals surface area contributed by atoms with Crippen molar-refractivity contribution in [2.24, 2.45) is 0 Å². The molecule has 0 aliphatic carbocycles. The van der Waals surface area contributed by atoms with Gasteiger partial charge < -0.3 is 14.8 Å². The van der Waals surface area contributed by atoms with Crippen molar-refractivity contribution in [3.63, 3.8) is 0 Å². The lowest BCUT2D eigenvalue weighted by atomic mass is 10.2. The van der Waals surface area contributed by atoms with Crippen molar-refractivity contribution in [1.82, 2.24) is 10.3 Å². The Balaban J connectivity index is 2.55. The quantitative estimate of drug-likeness (QED) is 0.705. The number of pyridine rings is 1. The smallest absolute Gasteiger partial charge is 0.218 e. The number of nitrogens with zero attached hydrogens (tertiary/aromatic N) is 1. The van der Waals surface area contributed by atoms with E-state index in [0.29, 0.717) is 25.6 Å². The number of ether oxygens (including phenoxy) is 2. The summed E-state index contributed by atoms with van der Waals surface area (Å²) >= 11 is 0. The zero-order valence-corrected chi connectivity index (χ0v) is 10.3. The molecule has 0 radical (unpaired) electrons. The van der Waals surface area contributed by atoms with Crippen LogP contribution in [0.3, 0.4) is 0 Å². The third-order valence-corrected chi connectivity index (χ3v) is 2.19. The molecule has 1 aromatic heterocycles. The summed E-state index contributed by atoms with van der Waals surface area (Å²) in [7, 11) is 1.65. The second-order valence-electron chi connectivity index (χ2n) is 3.59. The van der Waals surface area contributed by atoms with Crippen LogP contribution in [0.25, 0.3) is 0 Å². The molecule has 1 N–H and O–H groups in total. The van der Waals surface area contributed by atoms with Crippen LogP contribution in [0.1, 0.15) is 18.9 Å². The summed E-state index contributed by atoms with van der Waals surface area (Å²) in [6, 6.07) is 1.45. The molecule has 0 fully saturated rings. The van der Waals surface area contributed by atoms with Gasteiger partial charge in [0.2, 0.25) is 5.88 Å². The second kappa shape index (κ2) is 7.97. The monoisotopic (exact) mass is 242 g/mol. The first-order valence-electron chi connectivity index (χ1n) is 5.74. The molecule has 0 atom stereocenters. The number of aromatic nitrogens is 1. The van der Waals surface area contributed by atoms with Crippen molar-refractivity contribution in [3.05, 3.63) is 23.6 Å². The summed E-state index contributed by atoms with van der Waals surface area (Å²) in [5.41, 5.74) is 0.740. The minimum absolute atomic E-state index is 0.345. The molecule has 1 heterocycles. The van der Waals surface area contributed by atoms with Gasteiger partial charge in [-0.1, -0.05) is 6.92 Å². The van der Waals surface area contributed by atoms with E-state index in [9.17, 15) is 4.39 Å². The van der Waals surface area contributed by atoms with Crippen LogP contribution in [0, 0.1) is 5.82 Å². The first kappa shape index (κ1) is 13.9. The molecule has 0 saturated heterocycles. The SMILES string of the molecule is CCNCc1cc(F)cnc1OCCCOC. The normalized spacial score (nSPS) is 10.5. The lowest BCUT2D eigenvalue weighted by Gasteiger charge is -2.10. The summed E-state index contributed by atoms with van der Waals surface area (Å²) in [5, 5.41) is 3.12. The van der Waals surface area contributed by atoms with Crippen LogP contribution in [0.4, 0.5) is 4.39 Å². The average molecular weight is 242 g/mol. The van der Waals surface area contributed by atoms with Gasteiger partial charge in [0.25, 0.3) is 0 Å². The summed E-state index contributed by atoms with van der Waals surface area (Å²) < 4.78 is 23.5. The molecule has 0 aliphatic heterocycles. The Bertz CT molecular complexity index is 334. The topological polar surface area (TPSA) is 43.4 Å². The predicted octanol–water partition coefficient (Wildman–Crippen LogP) is 1.75. The molecule has 0 bridgehead atoms. The van der Waals surface area contributed by atoms with E-state index >= 15 is 0 Å². The Morgan fingerprint density at radius 1 is 1.41 bits per heavy atom. The van der Waals surface area contributed by atoms with Crippen LogP contribution in [0.5, 0.6) is 5.88 Å². The Hall–Kier alpha value is -1.20. The van der Waals surface area contributed by atoms with Crippen LogP contribution < -0.4 is 10.1 Å². The van der Waals surface area contributed by atoms with Gasteiger partial charge in [-0.25, -0.2) is 9.37 Å². The maximum atomic E-state index is 13.1. The average Bonchev–Trinajstić information content (AvgIpc) is 2.34. The molecule has 0 unspecified atom stereocenters. The summed E-state index contributed by atoms with van der Waals surface area (Å²) in [5.74, 6) is 0.144. The van der Waals surface area contributed by atoms with Gasteiger partial charge >= 0.3 is 0 Å². The van der Waals surface area contributed by atoms with Gasteiger partial charge in [0.1, 0.15) is 5.82 Å². The number of halogens is 1. The largest absolute Gasteiger partial charge is 0.477 e. The molecule has 1 rings (SSSR count). The molecule has 0 aliphatic rings. The van der Waals surface area contributed by atoms with Crippen LogP contribution in [0.15, 0.2) is 12.3 Å². The van der Waals surface area contributed by atoms with Gasteiger partial charge in [-0.15, -0.1) is 0 Å². The van der Waals surface area contributed by atoms with E-state index < -0.39 is 0 Å². The number of hydrogen-bond acceptors (Lipinski definition) is 4. The molecular formula is C12H19FN2O2. The fourth-order valence-electron chi connectivity index (χ4n) is 1.36. The fourth-order valence-corrected chi connectivity index (χ4v) is 1.36. The van der Waals surface area contributed by atoms with Gasteiger partial charge in [0.05, 0.1) is 12.8 Å². The van der Waals surface area contributed by atoms with Gasteiger partial charge in [0, 0.05) is 32.2 Å². The third kappa shape index (κ3) is 5.10. The van der Waals surface area contributed by atoms with Crippen molar-refractivity contribution in [2.45, 2.75) is 19.9 Å². The molecule has 0 aromatic carbocycles. The number of methoxy groups -OCH3 is 1. The van der Waals surface area contributed by atoms with E-state index in [1.165, 1.54) is 12.3 Å². The molecule has 5 heteroatoms. The van der Waals surface area contributed by atoms with Crippen LogP contribution in [-0.2, 0) is 11.3 Å². The van der Waals surface area contributed by atoms with E-state index in [4.69, 9.17) is 9.47 Å². The molecule has 4 nitrogen and oxygen atoms in total. The zero-order valence-electron chi connectivity index (χ0n) is 10.3. The second-order valence-corrected chi connectivity index (χ2v) is 3.59. The molecular weight excluding hydrogens is 223 g/mol. The minimum Gasteiger partial charge on any atom is -0.477 e. The molecule has 96 valence electrons. The van der Waals surface area contributed by atoms with Crippen molar-refractivity contribution in [3.8, 4) is 5.88 Å². The Labute approximate surface area is 101 Å². The third-order valence-electron chi connectivity index (χ3n) is 2.19. The van der Waals surface area contributed by atoms with Crippen molar-refractivity contribution in [1.29, 1.82) is 0 Å². The summed E-state index contributed by atoms with van der Waals surface area (Å²) in [6.07, 6.45) is 1.96. The van der Waals surface area contributed by atoms with Gasteiger partial charge in [-0.05, 0) is 12.6 Å². The highest BCUT2D eigenvalue weighted by atomic mass is 19.1. The standard InChI is InChI=1S/C12H19FN2O2/c1-3-14-8-10-7-11(13)9-15-12(10)17-6-4-5-16-2/h7,9,14H,3-6,8H2,1-2H3. The van der Waals surface area contributed by atoms with Gasteiger partial charge in [-0.2, -0.15) is 0 Å². The lowest BCUT2D eigenvalue weighted by Crippen LogP contribution is -2.14. The van der Waals surface area contributed by atoms with E-state index in [-0.39, 0.29) is 5.82 Å².